The quantitative estimate of drug-likeness (QED) is 0.655. The number of phenols is 1. The average molecular weight is 341 g/mol. The zero-order valence-corrected chi connectivity index (χ0v) is 11.7. The van der Waals surface area contributed by atoms with E-state index in [1.54, 1.807) is 12.1 Å². The maximum atomic E-state index is 13.2. The molecule has 2 N–H and O–H groups in total. The Balaban J connectivity index is 2.20. The molecule has 7 heteroatoms. The molecule has 0 aliphatic heterocycles. The largest absolute Gasteiger partial charge is 0.507 e. The van der Waals surface area contributed by atoms with Crippen molar-refractivity contribution in [3.63, 3.8) is 0 Å². The summed E-state index contributed by atoms with van der Waals surface area (Å²) >= 11 is 3.18. The van der Waals surface area contributed by atoms with Crippen LogP contribution in [0, 0.1) is 15.9 Å². The molecule has 0 fully saturated rings. The molecule has 0 aliphatic carbocycles. The predicted octanol–water partition coefficient (Wildman–Crippen LogP) is 3.81. The first-order valence-electron chi connectivity index (χ1n) is 5.62. The average Bonchev–Trinajstić information content (AvgIpc) is 2.40. The number of rotatable bonds is 4. The van der Waals surface area contributed by atoms with Crippen LogP contribution in [0.15, 0.2) is 40.9 Å². The zero-order valence-electron chi connectivity index (χ0n) is 10.1. The number of hydrogen-bond acceptors (Lipinski definition) is 4. The standard InChI is InChI=1S/C13H10BrFN2O3/c14-10-5-8(1-4-13(10)18)7-16-11-6-9(15)2-3-12(11)17(19)20/h1-6,16,18H,7H2. The van der Waals surface area contributed by atoms with Gasteiger partial charge in [0.1, 0.15) is 17.3 Å². The molecule has 0 amide bonds. The lowest BCUT2D eigenvalue weighted by atomic mass is 10.2. The Morgan fingerprint density at radius 3 is 2.70 bits per heavy atom. The molecule has 104 valence electrons. The second-order valence-electron chi connectivity index (χ2n) is 4.06. The summed E-state index contributed by atoms with van der Waals surface area (Å²) in [6.07, 6.45) is 0. The van der Waals surface area contributed by atoms with Crippen LogP contribution in [0.2, 0.25) is 0 Å². The summed E-state index contributed by atoms with van der Waals surface area (Å²) in [5.74, 6) is -0.449. The van der Waals surface area contributed by atoms with Gasteiger partial charge in [0.15, 0.2) is 0 Å². The predicted molar refractivity (Wildman–Crippen MR) is 76.2 cm³/mol. The van der Waals surface area contributed by atoms with Crippen LogP contribution in [0.4, 0.5) is 15.8 Å². The Labute approximate surface area is 122 Å². The molecule has 0 heterocycles. The third-order valence-corrected chi connectivity index (χ3v) is 3.29. The summed E-state index contributed by atoms with van der Waals surface area (Å²) < 4.78 is 13.7. The van der Waals surface area contributed by atoms with Gasteiger partial charge in [0.25, 0.3) is 5.69 Å². The molecule has 0 radical (unpaired) electrons. The lowest BCUT2D eigenvalue weighted by Crippen LogP contribution is -2.03. The first-order chi connectivity index (χ1) is 9.47. The number of benzene rings is 2. The van der Waals surface area contributed by atoms with E-state index in [4.69, 9.17) is 0 Å². The van der Waals surface area contributed by atoms with Crippen LogP contribution in [0.3, 0.4) is 0 Å². The van der Waals surface area contributed by atoms with Crippen LogP contribution in [-0.2, 0) is 6.54 Å². The Kier molecular flexibility index (Phi) is 4.19. The highest BCUT2D eigenvalue weighted by molar-refractivity contribution is 9.10. The van der Waals surface area contributed by atoms with Gasteiger partial charge in [-0.3, -0.25) is 10.1 Å². The van der Waals surface area contributed by atoms with E-state index in [2.05, 4.69) is 21.2 Å². The molecule has 2 aromatic rings. The van der Waals surface area contributed by atoms with Crippen LogP contribution in [0.25, 0.3) is 0 Å². The normalized spacial score (nSPS) is 10.3. The van der Waals surface area contributed by atoms with Gasteiger partial charge in [-0.15, -0.1) is 0 Å². The Morgan fingerprint density at radius 2 is 2.05 bits per heavy atom. The molecule has 0 aromatic heterocycles. The van der Waals surface area contributed by atoms with Crippen LogP contribution in [-0.4, -0.2) is 10.0 Å². The highest BCUT2D eigenvalue weighted by Gasteiger charge is 2.14. The molecule has 0 bridgehead atoms. The fraction of sp³-hybridized carbons (Fsp3) is 0.0769. The van der Waals surface area contributed by atoms with E-state index < -0.39 is 10.7 Å². The number of phenolic OH excluding ortho intramolecular Hbond substituents is 1. The minimum absolute atomic E-state index is 0.102. The van der Waals surface area contributed by atoms with Crippen molar-refractivity contribution >= 4 is 27.3 Å². The van der Waals surface area contributed by atoms with E-state index >= 15 is 0 Å². The van der Waals surface area contributed by atoms with E-state index in [-0.39, 0.29) is 23.7 Å². The number of anilines is 1. The van der Waals surface area contributed by atoms with Crippen molar-refractivity contribution in [2.45, 2.75) is 6.54 Å². The van der Waals surface area contributed by atoms with Crippen molar-refractivity contribution in [1.82, 2.24) is 0 Å². The monoisotopic (exact) mass is 340 g/mol. The van der Waals surface area contributed by atoms with E-state index in [0.29, 0.717) is 4.47 Å². The van der Waals surface area contributed by atoms with Gasteiger partial charge in [0.05, 0.1) is 9.40 Å². The summed E-state index contributed by atoms with van der Waals surface area (Å²) in [6.45, 7) is 0.267. The number of halogens is 2. The van der Waals surface area contributed by atoms with Gasteiger partial charge in [-0.25, -0.2) is 4.39 Å². The smallest absolute Gasteiger partial charge is 0.292 e. The first-order valence-corrected chi connectivity index (χ1v) is 6.42. The lowest BCUT2D eigenvalue weighted by molar-refractivity contribution is -0.384. The molecule has 5 nitrogen and oxygen atoms in total. The van der Waals surface area contributed by atoms with Crippen molar-refractivity contribution in [2.75, 3.05) is 5.32 Å². The second-order valence-corrected chi connectivity index (χ2v) is 4.91. The zero-order chi connectivity index (χ0) is 14.7. The molecule has 2 rings (SSSR count). The summed E-state index contributed by atoms with van der Waals surface area (Å²) in [6, 6.07) is 8.07. The molecule has 0 unspecified atom stereocenters. The van der Waals surface area contributed by atoms with Crippen molar-refractivity contribution < 1.29 is 14.4 Å². The molecular formula is C13H10BrFN2O3. The van der Waals surface area contributed by atoms with E-state index in [0.717, 1.165) is 23.8 Å². The number of nitrogens with zero attached hydrogens (tertiary/aromatic N) is 1. The highest BCUT2D eigenvalue weighted by Crippen LogP contribution is 2.27. The Hall–Kier alpha value is -2.15. The minimum Gasteiger partial charge on any atom is -0.507 e. The van der Waals surface area contributed by atoms with Gasteiger partial charge in [-0.2, -0.15) is 0 Å². The van der Waals surface area contributed by atoms with Crippen molar-refractivity contribution in [3.05, 3.63) is 62.4 Å². The number of aromatic hydroxyl groups is 1. The fourth-order valence-electron chi connectivity index (χ4n) is 1.67. The Morgan fingerprint density at radius 1 is 1.30 bits per heavy atom. The van der Waals surface area contributed by atoms with Crippen LogP contribution in [0.5, 0.6) is 5.75 Å². The van der Waals surface area contributed by atoms with Crippen LogP contribution in [0.1, 0.15) is 5.56 Å². The third-order valence-electron chi connectivity index (χ3n) is 2.65. The second kappa shape index (κ2) is 5.87. The molecule has 0 atom stereocenters. The van der Waals surface area contributed by atoms with Gasteiger partial charge < -0.3 is 10.4 Å². The summed E-state index contributed by atoms with van der Waals surface area (Å²) in [7, 11) is 0. The van der Waals surface area contributed by atoms with E-state index in [1.165, 1.54) is 6.07 Å². The Bertz CT molecular complexity index is 664. The molecule has 2 aromatic carbocycles. The number of nitro benzene ring substituents is 1. The van der Waals surface area contributed by atoms with Gasteiger partial charge in [-0.05, 0) is 39.7 Å². The van der Waals surface area contributed by atoms with E-state index in [9.17, 15) is 19.6 Å². The molecule has 0 saturated carbocycles. The third kappa shape index (κ3) is 3.24. The van der Waals surface area contributed by atoms with Crippen molar-refractivity contribution in [2.24, 2.45) is 0 Å². The van der Waals surface area contributed by atoms with Gasteiger partial charge in [0, 0.05) is 18.7 Å². The SMILES string of the molecule is O=[N+]([O-])c1ccc(F)cc1NCc1ccc(O)c(Br)c1. The van der Waals surface area contributed by atoms with Crippen LogP contribution < -0.4 is 5.32 Å². The first kappa shape index (κ1) is 14.3. The molecular weight excluding hydrogens is 331 g/mol. The summed E-state index contributed by atoms with van der Waals surface area (Å²) in [5.41, 5.74) is 0.705. The van der Waals surface area contributed by atoms with Crippen molar-refractivity contribution in [3.8, 4) is 5.75 Å². The number of hydrogen-bond donors (Lipinski definition) is 2. The minimum atomic E-state index is -0.575. The van der Waals surface area contributed by atoms with Crippen molar-refractivity contribution in [1.29, 1.82) is 0 Å². The topological polar surface area (TPSA) is 75.4 Å². The molecule has 0 saturated heterocycles. The maximum absolute atomic E-state index is 13.2. The number of nitrogens with one attached hydrogen (secondary N) is 1. The molecule has 0 aliphatic rings. The van der Waals surface area contributed by atoms with E-state index in [1.807, 2.05) is 0 Å². The van der Waals surface area contributed by atoms with Gasteiger partial charge in [-0.1, -0.05) is 6.07 Å². The van der Waals surface area contributed by atoms with Gasteiger partial charge in [0.2, 0.25) is 0 Å². The van der Waals surface area contributed by atoms with Crippen LogP contribution >= 0.6 is 15.9 Å². The summed E-state index contributed by atoms with van der Waals surface area (Å²) in [4.78, 5) is 10.3. The maximum Gasteiger partial charge on any atom is 0.292 e. The van der Waals surface area contributed by atoms with Gasteiger partial charge >= 0.3 is 0 Å². The summed E-state index contributed by atoms with van der Waals surface area (Å²) in [5, 5.41) is 23.0. The fourth-order valence-corrected chi connectivity index (χ4v) is 2.09. The molecule has 0 spiro atoms. The lowest BCUT2D eigenvalue weighted by Gasteiger charge is -2.08. The highest BCUT2D eigenvalue weighted by atomic mass is 79.9. The molecule has 20 heavy (non-hydrogen) atoms. The number of nitro groups is 1.